The van der Waals surface area contributed by atoms with Crippen molar-refractivity contribution in [3.05, 3.63) is 0 Å². The second-order valence-corrected chi connectivity index (χ2v) is 17.2. The second-order valence-electron chi connectivity index (χ2n) is 17.2. The maximum absolute atomic E-state index is 12.6. The van der Waals surface area contributed by atoms with E-state index >= 15 is 0 Å². The second kappa shape index (κ2) is 42.0. The molecule has 0 aliphatic heterocycles. The fourth-order valence-corrected chi connectivity index (χ4v) is 7.22. The van der Waals surface area contributed by atoms with Gasteiger partial charge in [0, 0.05) is 19.3 Å². The standard InChI is InChI=1S/C49H94O6/c1-6-9-10-11-22-31-36-41-49(52)55-46(43-54-48(51)40-35-30-26-21-20-24-28-33-38-45(5)8-3)42-53-47(50)39-34-29-25-19-17-15-13-12-14-16-18-23-27-32-37-44(4)7-2/h44-46H,6-43H2,1-5H3/t44?,45?,46-/m0/s1. The highest BCUT2D eigenvalue weighted by atomic mass is 16.6. The first-order valence-electron chi connectivity index (χ1n) is 24.3. The summed E-state index contributed by atoms with van der Waals surface area (Å²) in [6.45, 7) is 11.4. The van der Waals surface area contributed by atoms with Gasteiger partial charge in [-0.05, 0) is 31.1 Å². The minimum absolute atomic E-state index is 0.0650. The van der Waals surface area contributed by atoms with E-state index in [1.165, 1.54) is 154 Å². The quantitative estimate of drug-likeness (QED) is 0.0348. The molecule has 0 aromatic carbocycles. The first-order valence-corrected chi connectivity index (χ1v) is 24.3. The zero-order chi connectivity index (χ0) is 40.5. The SMILES string of the molecule is CCCCCCCCCC(=O)O[C@@H](COC(=O)CCCCCCCCCCCCCCCCC(C)CC)COC(=O)CCCCCCCCCCC(C)CC. The van der Waals surface area contributed by atoms with Gasteiger partial charge in [-0.1, -0.05) is 227 Å². The smallest absolute Gasteiger partial charge is 0.306 e. The van der Waals surface area contributed by atoms with Gasteiger partial charge in [0.2, 0.25) is 0 Å². The van der Waals surface area contributed by atoms with E-state index in [1.807, 2.05) is 0 Å². The zero-order valence-electron chi connectivity index (χ0n) is 37.6. The summed E-state index contributed by atoms with van der Waals surface area (Å²) in [5.41, 5.74) is 0. The minimum atomic E-state index is -0.760. The Kier molecular flexibility index (Phi) is 40.8. The normalized spacial score (nSPS) is 13.0. The average molecular weight is 779 g/mol. The van der Waals surface area contributed by atoms with E-state index in [4.69, 9.17) is 14.2 Å². The van der Waals surface area contributed by atoms with Crippen molar-refractivity contribution in [1.29, 1.82) is 0 Å². The Labute approximate surface area is 342 Å². The molecule has 0 saturated heterocycles. The molecule has 0 radical (unpaired) electrons. The Balaban J connectivity index is 4.18. The Bertz CT molecular complexity index is 843. The lowest BCUT2D eigenvalue weighted by atomic mass is 9.99. The largest absolute Gasteiger partial charge is 0.462 e. The third-order valence-corrected chi connectivity index (χ3v) is 11.7. The van der Waals surface area contributed by atoms with Crippen molar-refractivity contribution in [1.82, 2.24) is 0 Å². The molecule has 0 fully saturated rings. The van der Waals surface area contributed by atoms with Gasteiger partial charge in [0.25, 0.3) is 0 Å². The summed E-state index contributed by atoms with van der Waals surface area (Å²) in [5.74, 6) is 0.883. The Morgan fingerprint density at radius 2 is 0.636 bits per heavy atom. The van der Waals surface area contributed by atoms with Crippen LogP contribution in [-0.2, 0) is 28.6 Å². The summed E-state index contributed by atoms with van der Waals surface area (Å²) in [6, 6.07) is 0. The van der Waals surface area contributed by atoms with Gasteiger partial charge in [0.1, 0.15) is 13.2 Å². The molecule has 0 spiro atoms. The van der Waals surface area contributed by atoms with Crippen molar-refractivity contribution in [2.75, 3.05) is 13.2 Å². The minimum Gasteiger partial charge on any atom is -0.462 e. The molecule has 0 aromatic heterocycles. The first kappa shape index (κ1) is 53.4. The maximum atomic E-state index is 12.6. The fraction of sp³-hybridized carbons (Fsp3) is 0.939. The topological polar surface area (TPSA) is 78.9 Å². The number of ether oxygens (including phenoxy) is 3. The molecule has 0 aromatic rings. The summed E-state index contributed by atoms with van der Waals surface area (Å²) in [5, 5.41) is 0. The van der Waals surface area contributed by atoms with Gasteiger partial charge in [-0.3, -0.25) is 14.4 Å². The van der Waals surface area contributed by atoms with Crippen LogP contribution in [0, 0.1) is 11.8 Å². The van der Waals surface area contributed by atoms with Crippen LogP contribution in [-0.4, -0.2) is 37.2 Å². The van der Waals surface area contributed by atoms with Crippen LogP contribution in [0.5, 0.6) is 0 Å². The van der Waals surface area contributed by atoms with Crippen molar-refractivity contribution in [3.8, 4) is 0 Å². The molecule has 0 amide bonds. The Morgan fingerprint density at radius 3 is 0.945 bits per heavy atom. The molecule has 0 bridgehead atoms. The van der Waals surface area contributed by atoms with Gasteiger partial charge in [-0.2, -0.15) is 0 Å². The van der Waals surface area contributed by atoms with Gasteiger partial charge in [-0.25, -0.2) is 0 Å². The summed E-state index contributed by atoms with van der Waals surface area (Å²) >= 11 is 0. The lowest BCUT2D eigenvalue weighted by molar-refractivity contribution is -0.167. The summed E-state index contributed by atoms with van der Waals surface area (Å²) in [4.78, 5) is 37.7. The number of esters is 3. The molecule has 0 heterocycles. The third kappa shape index (κ3) is 40.4. The van der Waals surface area contributed by atoms with Crippen LogP contribution in [0.3, 0.4) is 0 Å². The molecule has 0 aliphatic carbocycles. The zero-order valence-corrected chi connectivity index (χ0v) is 37.6. The molecular formula is C49H94O6. The molecular weight excluding hydrogens is 685 g/mol. The van der Waals surface area contributed by atoms with Gasteiger partial charge in [-0.15, -0.1) is 0 Å². The van der Waals surface area contributed by atoms with E-state index in [9.17, 15) is 14.4 Å². The van der Waals surface area contributed by atoms with Crippen molar-refractivity contribution >= 4 is 17.9 Å². The fourth-order valence-electron chi connectivity index (χ4n) is 7.22. The van der Waals surface area contributed by atoms with E-state index in [-0.39, 0.29) is 31.1 Å². The number of rotatable bonds is 43. The predicted molar refractivity (Wildman–Crippen MR) is 233 cm³/mol. The van der Waals surface area contributed by atoms with Crippen LogP contribution < -0.4 is 0 Å². The van der Waals surface area contributed by atoms with E-state index in [0.29, 0.717) is 19.3 Å². The van der Waals surface area contributed by atoms with Crippen LogP contribution >= 0.6 is 0 Å². The molecule has 0 aliphatic rings. The average Bonchev–Trinajstić information content (AvgIpc) is 3.18. The highest BCUT2D eigenvalue weighted by Crippen LogP contribution is 2.18. The molecule has 2 unspecified atom stereocenters. The number of hydrogen-bond acceptors (Lipinski definition) is 6. The van der Waals surface area contributed by atoms with Gasteiger partial charge in [0.15, 0.2) is 6.10 Å². The van der Waals surface area contributed by atoms with Crippen LogP contribution in [0.25, 0.3) is 0 Å². The number of carbonyl (C=O) groups is 3. The Morgan fingerprint density at radius 1 is 0.364 bits per heavy atom. The summed E-state index contributed by atoms with van der Waals surface area (Å²) < 4.78 is 16.7. The molecule has 55 heavy (non-hydrogen) atoms. The lowest BCUT2D eigenvalue weighted by Crippen LogP contribution is -2.30. The first-order chi connectivity index (χ1) is 26.8. The monoisotopic (exact) mass is 779 g/mol. The highest BCUT2D eigenvalue weighted by molar-refractivity contribution is 5.71. The molecule has 0 N–H and O–H groups in total. The van der Waals surface area contributed by atoms with Crippen molar-refractivity contribution in [2.24, 2.45) is 11.8 Å². The number of hydrogen-bond donors (Lipinski definition) is 0. The predicted octanol–water partition coefficient (Wildman–Crippen LogP) is 15.4. The van der Waals surface area contributed by atoms with Crippen LogP contribution in [0.4, 0.5) is 0 Å². The third-order valence-electron chi connectivity index (χ3n) is 11.7. The van der Waals surface area contributed by atoms with Gasteiger partial charge < -0.3 is 14.2 Å². The van der Waals surface area contributed by atoms with Crippen molar-refractivity contribution in [3.63, 3.8) is 0 Å². The molecule has 6 nitrogen and oxygen atoms in total. The number of carbonyl (C=O) groups excluding carboxylic acids is 3. The summed E-state index contributed by atoms with van der Waals surface area (Å²) in [6.07, 6.45) is 40.9. The Hall–Kier alpha value is -1.59. The van der Waals surface area contributed by atoms with Crippen molar-refractivity contribution < 1.29 is 28.6 Å². The van der Waals surface area contributed by atoms with Gasteiger partial charge in [0.05, 0.1) is 0 Å². The molecule has 326 valence electrons. The van der Waals surface area contributed by atoms with Gasteiger partial charge >= 0.3 is 17.9 Å². The van der Waals surface area contributed by atoms with E-state index < -0.39 is 6.10 Å². The van der Waals surface area contributed by atoms with Crippen LogP contribution in [0.15, 0.2) is 0 Å². The molecule has 6 heteroatoms. The lowest BCUT2D eigenvalue weighted by Gasteiger charge is -2.18. The highest BCUT2D eigenvalue weighted by Gasteiger charge is 2.19. The van der Waals surface area contributed by atoms with Crippen LogP contribution in [0.2, 0.25) is 0 Å². The maximum Gasteiger partial charge on any atom is 0.306 e. The van der Waals surface area contributed by atoms with Crippen LogP contribution in [0.1, 0.15) is 266 Å². The van der Waals surface area contributed by atoms with Crippen molar-refractivity contribution in [2.45, 2.75) is 272 Å². The molecule has 0 saturated carbocycles. The molecule has 3 atom stereocenters. The number of unbranched alkanes of at least 4 members (excludes halogenated alkanes) is 26. The van der Waals surface area contributed by atoms with E-state index in [0.717, 1.165) is 69.6 Å². The summed E-state index contributed by atoms with van der Waals surface area (Å²) in [7, 11) is 0. The van der Waals surface area contributed by atoms with E-state index in [1.54, 1.807) is 0 Å². The molecule has 0 rings (SSSR count). The van der Waals surface area contributed by atoms with E-state index in [2.05, 4.69) is 34.6 Å².